The van der Waals surface area contributed by atoms with Crippen molar-refractivity contribution in [2.24, 2.45) is 47.3 Å². The largest absolute Gasteiger partial charge is 0.479 e. The average Bonchev–Trinajstić information content (AvgIpc) is 2.95. The van der Waals surface area contributed by atoms with Crippen LogP contribution < -0.4 is 0 Å². The average molecular weight is 960 g/mol. The molecule has 0 unspecified atom stereocenters. The molecule has 0 radical (unpaired) electrons. The third-order valence-electron chi connectivity index (χ3n) is 11.1. The molecule has 0 aromatic heterocycles. The molecule has 58 heavy (non-hydrogen) atoms. The van der Waals surface area contributed by atoms with Crippen molar-refractivity contribution >= 4 is 70.4 Å². The van der Waals surface area contributed by atoms with E-state index in [0.717, 1.165) is 6.42 Å². The molecule has 0 amide bonds. The van der Waals surface area contributed by atoms with Crippen molar-refractivity contribution < 1.29 is 59.6 Å². The number of aliphatic hydroxyl groups excluding tert-OH is 2. The Labute approximate surface area is 358 Å². The summed E-state index contributed by atoms with van der Waals surface area (Å²) in [5.74, 6) is 0.807. The standard InChI is InChI=1S/C36H78O14Si8/c1-27(2)20-52-39-51(18-17-34-15-16-35(37)36(38)19-34)40-53(21-28(3)4)44-55(42-52,23-30(7)8)48-58(26-33(13)14)49-56(43-52,24-31(9)10)45-54(41-51,22-29(5)6)47-57(46-53,50-58)25-32(11)12/h27-38H,15-26H2,1-14H3/t34-,35-,36-,51?,52?,53?,54?,55?,56?,57?,58?/m0/s1. The van der Waals surface area contributed by atoms with E-state index in [1.165, 1.54) is 0 Å². The van der Waals surface area contributed by atoms with Gasteiger partial charge in [-0.05, 0) is 73.0 Å². The van der Waals surface area contributed by atoms with Crippen molar-refractivity contribution in [2.45, 2.75) is 183 Å². The first-order valence-electron chi connectivity index (χ1n) is 22.6. The third kappa shape index (κ3) is 11.2. The highest BCUT2D eigenvalue weighted by Gasteiger charge is 2.83. The summed E-state index contributed by atoms with van der Waals surface area (Å²) in [6.07, 6.45) is 0.895. The molecule has 6 heterocycles. The summed E-state index contributed by atoms with van der Waals surface area (Å²) in [4.78, 5) is 0. The van der Waals surface area contributed by atoms with Crippen molar-refractivity contribution in [1.82, 2.24) is 0 Å². The number of hydrogen-bond acceptors (Lipinski definition) is 14. The van der Waals surface area contributed by atoms with Crippen molar-refractivity contribution in [3.63, 3.8) is 0 Å². The van der Waals surface area contributed by atoms with E-state index in [2.05, 4.69) is 96.9 Å². The molecule has 338 valence electrons. The van der Waals surface area contributed by atoms with Crippen molar-refractivity contribution in [1.29, 1.82) is 0 Å². The Kier molecular flexibility index (Phi) is 15.0. The van der Waals surface area contributed by atoms with Gasteiger partial charge in [0, 0.05) is 48.4 Å². The highest BCUT2D eigenvalue weighted by molar-refractivity contribution is 7.03. The van der Waals surface area contributed by atoms with Gasteiger partial charge >= 0.3 is 70.4 Å². The maximum Gasteiger partial charge on any atom is 0.479 e. The first kappa shape index (κ1) is 48.6. The minimum atomic E-state index is -4.06. The lowest BCUT2D eigenvalue weighted by Gasteiger charge is -2.64. The fourth-order valence-corrected chi connectivity index (χ4v) is 61.5. The summed E-state index contributed by atoms with van der Waals surface area (Å²) in [5.41, 5.74) is 0. The van der Waals surface area contributed by atoms with Gasteiger partial charge in [-0.25, -0.2) is 0 Å². The Bertz CT molecular complexity index is 1260. The van der Waals surface area contributed by atoms with Crippen LogP contribution in [0.1, 0.15) is 123 Å². The van der Waals surface area contributed by atoms with Crippen LogP contribution >= 0.6 is 0 Å². The Hall–Kier alpha value is 1.18. The second kappa shape index (κ2) is 17.9. The van der Waals surface area contributed by atoms with E-state index >= 15 is 0 Å². The van der Waals surface area contributed by atoms with Crippen LogP contribution in [-0.4, -0.2) is 92.9 Å². The fourth-order valence-electron chi connectivity index (χ4n) is 9.73. The maximum atomic E-state index is 10.8. The SMILES string of the molecule is CC(C)C[Si]12O[Si]3(CC[C@@H]4CC[C@H](O)[C@@H](O)C4)O[Si]4(CC(C)C)O[Si](CC(C)C)(O1)O[Si]1(CC(C)C)O[Si](CC(C)C)(O2)O[Si](CC(C)C)(O3)O[Si](CC(C)C)(O4)O1. The molecule has 7 aliphatic rings. The Balaban J connectivity index is 1.70. The normalized spacial score (nSPS) is 44.2. The highest BCUT2D eigenvalue weighted by atomic mass is 28.6. The van der Waals surface area contributed by atoms with Crippen LogP contribution in [0.4, 0.5) is 0 Å². The molecule has 3 atom stereocenters. The quantitative estimate of drug-likeness (QED) is 0.135. The minimum Gasteiger partial charge on any atom is -0.390 e. The molecule has 0 spiro atoms. The van der Waals surface area contributed by atoms with Crippen LogP contribution in [-0.2, 0) is 49.4 Å². The van der Waals surface area contributed by atoms with Crippen molar-refractivity contribution in [3.8, 4) is 0 Å². The van der Waals surface area contributed by atoms with Crippen LogP contribution in [0.5, 0.6) is 0 Å². The number of hydrogen-bond donors (Lipinski definition) is 2. The maximum absolute atomic E-state index is 10.8. The van der Waals surface area contributed by atoms with Gasteiger partial charge in [0.05, 0.1) is 12.2 Å². The molecule has 1 aliphatic carbocycles. The second-order valence-corrected chi connectivity index (χ2v) is 45.3. The smallest absolute Gasteiger partial charge is 0.390 e. The van der Waals surface area contributed by atoms with E-state index in [9.17, 15) is 10.2 Å². The van der Waals surface area contributed by atoms with E-state index in [1.54, 1.807) is 0 Å². The molecule has 7 fully saturated rings. The van der Waals surface area contributed by atoms with Gasteiger partial charge < -0.3 is 59.6 Å². The van der Waals surface area contributed by atoms with E-state index in [4.69, 9.17) is 49.4 Å². The van der Waals surface area contributed by atoms with E-state index in [1.807, 2.05) is 0 Å². The van der Waals surface area contributed by atoms with Crippen LogP contribution in [0.15, 0.2) is 0 Å². The molecule has 1 saturated carbocycles. The molecule has 0 aromatic carbocycles. The van der Waals surface area contributed by atoms with Gasteiger partial charge in [0.25, 0.3) is 0 Å². The van der Waals surface area contributed by atoms with Crippen molar-refractivity contribution in [3.05, 3.63) is 0 Å². The van der Waals surface area contributed by atoms with Crippen molar-refractivity contribution in [2.75, 3.05) is 0 Å². The zero-order valence-electron chi connectivity index (χ0n) is 38.1. The summed E-state index contributed by atoms with van der Waals surface area (Å²) < 4.78 is 93.8. The summed E-state index contributed by atoms with van der Waals surface area (Å²) in [6.45, 7) is 30.2. The van der Waals surface area contributed by atoms with Gasteiger partial charge in [-0.15, -0.1) is 0 Å². The zero-order chi connectivity index (χ0) is 42.7. The second-order valence-electron chi connectivity index (χ2n) is 21.2. The highest BCUT2D eigenvalue weighted by Crippen LogP contribution is 2.56. The Morgan fingerprint density at radius 3 is 0.776 bits per heavy atom. The van der Waals surface area contributed by atoms with Gasteiger partial charge in [0.1, 0.15) is 0 Å². The monoisotopic (exact) mass is 958 g/mol. The summed E-state index contributed by atoms with van der Waals surface area (Å²) in [7, 11) is -31.8. The lowest BCUT2D eigenvalue weighted by atomic mass is 9.84. The molecule has 22 heteroatoms. The Morgan fingerprint density at radius 1 is 0.345 bits per heavy atom. The van der Waals surface area contributed by atoms with Crippen LogP contribution in [0, 0.1) is 47.3 Å². The molecule has 14 nitrogen and oxygen atoms in total. The molecule has 6 saturated heterocycles. The van der Waals surface area contributed by atoms with Crippen LogP contribution in [0.2, 0.25) is 48.4 Å². The first-order valence-corrected chi connectivity index (χ1v) is 38.0. The van der Waals surface area contributed by atoms with Gasteiger partial charge in [-0.1, -0.05) is 96.9 Å². The summed E-state index contributed by atoms with van der Waals surface area (Å²) >= 11 is 0. The van der Waals surface area contributed by atoms with Crippen LogP contribution in [0.3, 0.4) is 0 Å². The predicted molar refractivity (Wildman–Crippen MR) is 235 cm³/mol. The molecule has 6 aliphatic heterocycles. The van der Waals surface area contributed by atoms with Gasteiger partial charge in [0.15, 0.2) is 0 Å². The van der Waals surface area contributed by atoms with Gasteiger partial charge in [0.2, 0.25) is 0 Å². The van der Waals surface area contributed by atoms with Gasteiger partial charge in [-0.2, -0.15) is 0 Å². The Morgan fingerprint density at radius 2 is 0.569 bits per heavy atom. The number of rotatable bonds is 17. The minimum absolute atomic E-state index is 0.0896. The molecule has 7 rings (SSSR count). The molecule has 0 aromatic rings. The molecule has 8 bridgehead atoms. The summed E-state index contributed by atoms with van der Waals surface area (Å²) in [6, 6.07) is 3.62. The lowest BCUT2D eigenvalue weighted by Crippen LogP contribution is -2.88. The zero-order valence-corrected chi connectivity index (χ0v) is 46.1. The molecular formula is C36H78O14Si8. The number of aliphatic hydroxyl groups is 2. The lowest BCUT2D eigenvalue weighted by molar-refractivity contribution is -0.0367. The van der Waals surface area contributed by atoms with E-state index in [-0.39, 0.29) is 47.3 Å². The van der Waals surface area contributed by atoms with E-state index in [0.29, 0.717) is 67.6 Å². The van der Waals surface area contributed by atoms with Crippen LogP contribution in [0.25, 0.3) is 0 Å². The predicted octanol–water partition coefficient (Wildman–Crippen LogP) is 8.27. The van der Waals surface area contributed by atoms with Gasteiger partial charge in [-0.3, -0.25) is 0 Å². The summed E-state index contributed by atoms with van der Waals surface area (Å²) in [5, 5.41) is 21.3. The molecular weight excluding hydrogens is 881 g/mol. The molecule has 2 N–H and O–H groups in total. The topological polar surface area (TPSA) is 151 Å². The third-order valence-corrected chi connectivity index (χ3v) is 51.1. The fraction of sp³-hybridized carbons (Fsp3) is 1.00. The van der Waals surface area contributed by atoms with E-state index < -0.39 is 82.6 Å². The first-order chi connectivity index (χ1) is 26.8.